The standard InChI is InChI=1S/C14H23N.ClH/c1-4-5-10-15-11-13-6-8-14(9-7-13)12(2)3;/h6-9,12,15H,4-5,10-11H2,1-3H3;1H. The van der Waals surface area contributed by atoms with E-state index in [0.717, 1.165) is 13.1 Å². The molecule has 16 heavy (non-hydrogen) atoms. The molecular formula is C14H24ClN. The average Bonchev–Trinajstić information content (AvgIpc) is 2.25. The molecule has 0 aromatic heterocycles. The summed E-state index contributed by atoms with van der Waals surface area (Å²) < 4.78 is 0. The predicted molar refractivity (Wildman–Crippen MR) is 74.4 cm³/mol. The van der Waals surface area contributed by atoms with Gasteiger partial charge in [-0.3, -0.25) is 0 Å². The monoisotopic (exact) mass is 241 g/mol. The predicted octanol–water partition coefficient (Wildman–Crippen LogP) is 4.12. The maximum absolute atomic E-state index is 3.45. The molecule has 1 N–H and O–H groups in total. The Hall–Kier alpha value is -0.530. The first-order valence-electron chi connectivity index (χ1n) is 6.03. The Balaban J connectivity index is 0.00000225. The zero-order valence-electron chi connectivity index (χ0n) is 10.6. The van der Waals surface area contributed by atoms with Gasteiger partial charge < -0.3 is 5.32 Å². The van der Waals surface area contributed by atoms with E-state index >= 15 is 0 Å². The molecule has 1 aromatic carbocycles. The van der Waals surface area contributed by atoms with Crippen molar-refractivity contribution >= 4 is 12.4 Å². The highest BCUT2D eigenvalue weighted by Gasteiger charge is 1.98. The maximum Gasteiger partial charge on any atom is 0.0205 e. The topological polar surface area (TPSA) is 12.0 Å². The summed E-state index contributed by atoms with van der Waals surface area (Å²) in [7, 11) is 0. The van der Waals surface area contributed by atoms with Gasteiger partial charge in [0.15, 0.2) is 0 Å². The zero-order chi connectivity index (χ0) is 11.1. The Morgan fingerprint density at radius 2 is 1.75 bits per heavy atom. The fraction of sp³-hybridized carbons (Fsp3) is 0.571. The molecule has 0 saturated carbocycles. The molecule has 0 aliphatic rings. The number of unbranched alkanes of at least 4 members (excludes halogenated alkanes) is 1. The van der Waals surface area contributed by atoms with E-state index in [0.29, 0.717) is 5.92 Å². The average molecular weight is 242 g/mol. The summed E-state index contributed by atoms with van der Waals surface area (Å²) in [5.74, 6) is 0.632. The molecule has 0 aliphatic carbocycles. The van der Waals surface area contributed by atoms with Gasteiger partial charge in [-0.15, -0.1) is 12.4 Å². The molecule has 0 atom stereocenters. The second-order valence-corrected chi connectivity index (χ2v) is 4.43. The minimum Gasteiger partial charge on any atom is -0.313 e. The molecule has 0 aliphatic heterocycles. The SMILES string of the molecule is CCCCNCc1ccc(C(C)C)cc1.Cl. The highest BCUT2D eigenvalue weighted by molar-refractivity contribution is 5.85. The molecule has 1 nitrogen and oxygen atoms in total. The van der Waals surface area contributed by atoms with Gasteiger partial charge >= 0.3 is 0 Å². The van der Waals surface area contributed by atoms with E-state index in [2.05, 4.69) is 50.4 Å². The van der Waals surface area contributed by atoms with Crippen LogP contribution in [-0.4, -0.2) is 6.54 Å². The van der Waals surface area contributed by atoms with Gasteiger partial charge in [-0.2, -0.15) is 0 Å². The van der Waals surface area contributed by atoms with Gasteiger partial charge in [0.1, 0.15) is 0 Å². The summed E-state index contributed by atoms with van der Waals surface area (Å²) in [5, 5.41) is 3.45. The van der Waals surface area contributed by atoms with Crippen LogP contribution in [0.15, 0.2) is 24.3 Å². The van der Waals surface area contributed by atoms with Crippen LogP contribution in [0.1, 0.15) is 50.7 Å². The van der Waals surface area contributed by atoms with Crippen molar-refractivity contribution in [3.05, 3.63) is 35.4 Å². The van der Waals surface area contributed by atoms with Crippen LogP contribution in [0, 0.1) is 0 Å². The Labute approximate surface area is 106 Å². The zero-order valence-corrected chi connectivity index (χ0v) is 11.4. The lowest BCUT2D eigenvalue weighted by atomic mass is 10.0. The fourth-order valence-corrected chi connectivity index (χ4v) is 1.55. The van der Waals surface area contributed by atoms with Crippen molar-refractivity contribution < 1.29 is 0 Å². The number of hydrogen-bond donors (Lipinski definition) is 1. The van der Waals surface area contributed by atoms with Crippen molar-refractivity contribution in [2.45, 2.75) is 46.1 Å². The van der Waals surface area contributed by atoms with E-state index in [9.17, 15) is 0 Å². The van der Waals surface area contributed by atoms with Gasteiger partial charge in [0.25, 0.3) is 0 Å². The summed E-state index contributed by atoms with van der Waals surface area (Å²) in [6.07, 6.45) is 2.53. The number of hydrogen-bond acceptors (Lipinski definition) is 1. The molecule has 0 heterocycles. The summed E-state index contributed by atoms with van der Waals surface area (Å²) in [4.78, 5) is 0. The van der Waals surface area contributed by atoms with Gasteiger partial charge in [-0.05, 0) is 30.0 Å². The number of halogens is 1. The smallest absolute Gasteiger partial charge is 0.0205 e. The van der Waals surface area contributed by atoms with Crippen molar-refractivity contribution in [3.63, 3.8) is 0 Å². The van der Waals surface area contributed by atoms with E-state index < -0.39 is 0 Å². The van der Waals surface area contributed by atoms with Crippen LogP contribution in [0.3, 0.4) is 0 Å². The largest absolute Gasteiger partial charge is 0.313 e. The number of nitrogens with one attached hydrogen (secondary N) is 1. The van der Waals surface area contributed by atoms with Crippen LogP contribution >= 0.6 is 12.4 Å². The molecule has 0 spiro atoms. The quantitative estimate of drug-likeness (QED) is 0.739. The van der Waals surface area contributed by atoms with Crippen molar-refractivity contribution in [2.24, 2.45) is 0 Å². The van der Waals surface area contributed by atoms with Crippen LogP contribution in [0.2, 0.25) is 0 Å². The van der Waals surface area contributed by atoms with Crippen LogP contribution < -0.4 is 5.32 Å². The minimum atomic E-state index is 0. The molecule has 0 radical (unpaired) electrons. The summed E-state index contributed by atoms with van der Waals surface area (Å²) in [5.41, 5.74) is 2.81. The van der Waals surface area contributed by atoms with E-state index in [1.165, 1.54) is 24.0 Å². The summed E-state index contributed by atoms with van der Waals surface area (Å²) >= 11 is 0. The molecule has 92 valence electrons. The van der Waals surface area contributed by atoms with Crippen molar-refractivity contribution in [2.75, 3.05) is 6.54 Å². The van der Waals surface area contributed by atoms with Gasteiger partial charge in [0, 0.05) is 6.54 Å². The Kier molecular flexibility index (Phi) is 8.32. The molecule has 1 aromatic rings. The van der Waals surface area contributed by atoms with Crippen LogP contribution in [0.25, 0.3) is 0 Å². The first kappa shape index (κ1) is 15.5. The van der Waals surface area contributed by atoms with Crippen molar-refractivity contribution in [3.8, 4) is 0 Å². The third kappa shape index (κ3) is 5.53. The van der Waals surface area contributed by atoms with Gasteiger partial charge in [0.2, 0.25) is 0 Å². The molecule has 0 saturated heterocycles. The Bertz CT molecular complexity index is 267. The normalized spacial score (nSPS) is 10.2. The molecule has 2 heteroatoms. The molecule has 1 rings (SSSR count). The third-order valence-corrected chi connectivity index (χ3v) is 2.68. The maximum atomic E-state index is 3.45. The first-order valence-corrected chi connectivity index (χ1v) is 6.03. The van der Waals surface area contributed by atoms with Gasteiger partial charge in [-0.1, -0.05) is 51.5 Å². The molecule has 0 fully saturated rings. The Morgan fingerprint density at radius 3 is 2.25 bits per heavy atom. The van der Waals surface area contributed by atoms with Crippen LogP contribution in [0.4, 0.5) is 0 Å². The van der Waals surface area contributed by atoms with E-state index in [4.69, 9.17) is 0 Å². The highest BCUT2D eigenvalue weighted by Crippen LogP contribution is 2.14. The highest BCUT2D eigenvalue weighted by atomic mass is 35.5. The molecule has 0 amide bonds. The lowest BCUT2D eigenvalue weighted by Gasteiger charge is -2.07. The third-order valence-electron chi connectivity index (χ3n) is 2.68. The Morgan fingerprint density at radius 1 is 1.12 bits per heavy atom. The van der Waals surface area contributed by atoms with E-state index in [-0.39, 0.29) is 12.4 Å². The van der Waals surface area contributed by atoms with Crippen LogP contribution in [-0.2, 0) is 6.54 Å². The van der Waals surface area contributed by atoms with Gasteiger partial charge in [-0.25, -0.2) is 0 Å². The lowest BCUT2D eigenvalue weighted by molar-refractivity contribution is 0.641. The second kappa shape index (κ2) is 8.60. The first-order chi connectivity index (χ1) is 7.24. The molecule has 0 bridgehead atoms. The molecular weight excluding hydrogens is 218 g/mol. The van der Waals surface area contributed by atoms with Crippen molar-refractivity contribution in [1.29, 1.82) is 0 Å². The second-order valence-electron chi connectivity index (χ2n) is 4.43. The van der Waals surface area contributed by atoms with E-state index in [1.807, 2.05) is 0 Å². The van der Waals surface area contributed by atoms with Gasteiger partial charge in [0.05, 0.1) is 0 Å². The minimum absolute atomic E-state index is 0. The fourth-order valence-electron chi connectivity index (χ4n) is 1.55. The number of benzene rings is 1. The summed E-state index contributed by atoms with van der Waals surface area (Å²) in [6, 6.07) is 8.94. The lowest BCUT2D eigenvalue weighted by Crippen LogP contribution is -2.14. The van der Waals surface area contributed by atoms with Crippen LogP contribution in [0.5, 0.6) is 0 Å². The molecule has 0 unspecified atom stereocenters. The van der Waals surface area contributed by atoms with Crippen molar-refractivity contribution in [1.82, 2.24) is 5.32 Å². The summed E-state index contributed by atoms with van der Waals surface area (Å²) in [6.45, 7) is 8.81. The number of rotatable bonds is 6. The van der Waals surface area contributed by atoms with E-state index in [1.54, 1.807) is 0 Å².